The van der Waals surface area contributed by atoms with Gasteiger partial charge in [-0.1, -0.05) is 12.1 Å². The molecule has 1 aliphatic carbocycles. The van der Waals surface area contributed by atoms with Gasteiger partial charge in [-0.05, 0) is 37.0 Å². The predicted octanol–water partition coefficient (Wildman–Crippen LogP) is 3.65. The molecule has 5 rings (SSSR count). The number of fused-ring (bicyclic) bond motifs is 3. The van der Waals surface area contributed by atoms with Gasteiger partial charge in [-0.15, -0.1) is 11.3 Å². The van der Waals surface area contributed by atoms with Crippen LogP contribution in [0.5, 0.6) is 0 Å². The standard InChI is InChI=1S/C19H19FN4S/c20-14-5-1-2-6-15(14)23-8-10-24(11-9-23)18-17-13-4-3-7-16(13)25-19(17)22-12-21-18/h1-2,5-6,12H,3-4,7-11H2. The van der Waals surface area contributed by atoms with E-state index < -0.39 is 0 Å². The Balaban J connectivity index is 1.43. The maximum Gasteiger partial charge on any atom is 0.146 e. The normalized spacial score (nSPS) is 17.3. The monoisotopic (exact) mass is 354 g/mol. The van der Waals surface area contributed by atoms with Gasteiger partial charge in [-0.3, -0.25) is 0 Å². The maximum atomic E-state index is 14.0. The van der Waals surface area contributed by atoms with Gasteiger partial charge in [0.1, 0.15) is 22.8 Å². The number of para-hydroxylation sites is 1. The van der Waals surface area contributed by atoms with Crippen molar-refractivity contribution in [3.63, 3.8) is 0 Å². The molecular weight excluding hydrogens is 335 g/mol. The molecule has 1 aliphatic heterocycles. The number of anilines is 2. The minimum Gasteiger partial charge on any atom is -0.366 e. The second-order valence-electron chi connectivity index (χ2n) is 6.66. The van der Waals surface area contributed by atoms with Crippen molar-refractivity contribution in [2.24, 2.45) is 0 Å². The molecule has 6 heteroatoms. The second kappa shape index (κ2) is 5.95. The van der Waals surface area contributed by atoms with E-state index in [1.54, 1.807) is 12.4 Å². The summed E-state index contributed by atoms with van der Waals surface area (Å²) >= 11 is 1.83. The third-order valence-corrected chi connectivity index (χ3v) is 6.45. The van der Waals surface area contributed by atoms with Crippen LogP contribution in [-0.2, 0) is 12.8 Å². The van der Waals surface area contributed by atoms with E-state index in [9.17, 15) is 4.39 Å². The Morgan fingerprint density at radius 1 is 0.960 bits per heavy atom. The smallest absolute Gasteiger partial charge is 0.146 e. The van der Waals surface area contributed by atoms with Gasteiger partial charge in [-0.25, -0.2) is 14.4 Å². The van der Waals surface area contributed by atoms with Crippen molar-refractivity contribution in [1.29, 1.82) is 0 Å². The summed E-state index contributed by atoms with van der Waals surface area (Å²) in [5.74, 6) is 0.925. The molecule has 2 aromatic heterocycles. The Labute approximate surface area is 149 Å². The van der Waals surface area contributed by atoms with Gasteiger partial charge in [0.15, 0.2) is 0 Å². The highest BCUT2D eigenvalue weighted by Crippen LogP contribution is 2.40. The maximum absolute atomic E-state index is 14.0. The van der Waals surface area contributed by atoms with Crippen LogP contribution in [0.25, 0.3) is 10.2 Å². The van der Waals surface area contributed by atoms with E-state index in [1.807, 2.05) is 23.5 Å². The van der Waals surface area contributed by atoms with Gasteiger partial charge in [0.2, 0.25) is 0 Å². The van der Waals surface area contributed by atoms with Crippen molar-refractivity contribution in [2.45, 2.75) is 19.3 Å². The van der Waals surface area contributed by atoms with Gasteiger partial charge >= 0.3 is 0 Å². The Morgan fingerprint density at radius 3 is 2.60 bits per heavy atom. The molecule has 1 fully saturated rings. The van der Waals surface area contributed by atoms with Crippen LogP contribution in [0, 0.1) is 5.82 Å². The lowest BCUT2D eigenvalue weighted by Crippen LogP contribution is -2.47. The molecule has 0 radical (unpaired) electrons. The average molecular weight is 354 g/mol. The minimum absolute atomic E-state index is 0.143. The zero-order valence-electron chi connectivity index (χ0n) is 13.9. The van der Waals surface area contributed by atoms with Crippen LogP contribution >= 0.6 is 11.3 Å². The summed E-state index contributed by atoms with van der Waals surface area (Å²) in [6, 6.07) is 7.03. The lowest BCUT2D eigenvalue weighted by Gasteiger charge is -2.37. The fraction of sp³-hybridized carbons (Fsp3) is 0.368. The van der Waals surface area contributed by atoms with Crippen molar-refractivity contribution in [1.82, 2.24) is 9.97 Å². The highest BCUT2D eigenvalue weighted by molar-refractivity contribution is 7.19. The Bertz CT molecular complexity index is 930. The molecule has 4 nitrogen and oxygen atoms in total. The first-order valence-electron chi connectivity index (χ1n) is 8.81. The molecule has 128 valence electrons. The number of halogens is 1. The van der Waals surface area contributed by atoms with Gasteiger partial charge in [-0.2, -0.15) is 0 Å². The van der Waals surface area contributed by atoms with Gasteiger partial charge in [0.05, 0.1) is 11.1 Å². The molecule has 1 saturated heterocycles. The largest absolute Gasteiger partial charge is 0.366 e. The molecule has 0 atom stereocenters. The zero-order chi connectivity index (χ0) is 16.8. The molecule has 1 aromatic carbocycles. The Kier molecular flexibility index (Phi) is 3.59. The molecule has 0 saturated carbocycles. The van der Waals surface area contributed by atoms with Crippen molar-refractivity contribution in [2.75, 3.05) is 36.0 Å². The molecule has 25 heavy (non-hydrogen) atoms. The van der Waals surface area contributed by atoms with Crippen LogP contribution in [0.15, 0.2) is 30.6 Å². The summed E-state index contributed by atoms with van der Waals surface area (Å²) in [6.45, 7) is 3.31. The minimum atomic E-state index is -0.143. The molecule has 0 unspecified atom stereocenters. The highest BCUT2D eigenvalue weighted by atomic mass is 32.1. The van der Waals surface area contributed by atoms with E-state index in [4.69, 9.17) is 0 Å². The van der Waals surface area contributed by atoms with E-state index in [-0.39, 0.29) is 5.82 Å². The Morgan fingerprint density at radius 2 is 1.76 bits per heavy atom. The number of thiophene rings is 1. The molecule has 0 N–H and O–H groups in total. The number of aryl methyl sites for hydroxylation is 2. The number of benzene rings is 1. The fourth-order valence-electron chi connectivity index (χ4n) is 4.02. The van der Waals surface area contributed by atoms with Crippen LogP contribution < -0.4 is 9.80 Å². The summed E-state index contributed by atoms with van der Waals surface area (Å²) in [7, 11) is 0. The van der Waals surface area contributed by atoms with Gasteiger partial charge < -0.3 is 9.80 Å². The lowest BCUT2D eigenvalue weighted by molar-refractivity contribution is 0.596. The molecule has 2 aliphatic rings. The van der Waals surface area contributed by atoms with E-state index in [1.165, 1.54) is 34.7 Å². The van der Waals surface area contributed by atoms with Crippen molar-refractivity contribution in [3.05, 3.63) is 46.9 Å². The first-order valence-corrected chi connectivity index (χ1v) is 9.62. The summed E-state index contributed by atoms with van der Waals surface area (Å²) in [5.41, 5.74) is 2.17. The summed E-state index contributed by atoms with van der Waals surface area (Å²) in [6.07, 6.45) is 5.25. The first kappa shape index (κ1) is 15.1. The van der Waals surface area contributed by atoms with E-state index in [2.05, 4.69) is 19.8 Å². The summed E-state index contributed by atoms with van der Waals surface area (Å²) in [4.78, 5) is 16.2. The third-order valence-electron chi connectivity index (χ3n) is 5.25. The number of hydrogen-bond donors (Lipinski definition) is 0. The summed E-state index contributed by atoms with van der Waals surface area (Å²) in [5, 5.41) is 1.26. The van der Waals surface area contributed by atoms with Crippen molar-refractivity contribution in [3.8, 4) is 0 Å². The fourth-order valence-corrected chi connectivity index (χ4v) is 5.24. The predicted molar refractivity (Wildman–Crippen MR) is 100 cm³/mol. The summed E-state index contributed by atoms with van der Waals surface area (Å²) < 4.78 is 14.0. The van der Waals surface area contributed by atoms with Gasteiger partial charge in [0, 0.05) is 31.1 Å². The highest BCUT2D eigenvalue weighted by Gasteiger charge is 2.26. The van der Waals surface area contributed by atoms with Gasteiger partial charge in [0.25, 0.3) is 0 Å². The molecular formula is C19H19FN4S. The number of piperazine rings is 1. The lowest BCUT2D eigenvalue weighted by atomic mass is 10.1. The van der Waals surface area contributed by atoms with Crippen LogP contribution in [0.4, 0.5) is 15.9 Å². The van der Waals surface area contributed by atoms with Crippen molar-refractivity contribution < 1.29 is 4.39 Å². The van der Waals surface area contributed by atoms with E-state index in [0.29, 0.717) is 5.69 Å². The van der Waals surface area contributed by atoms with Crippen LogP contribution in [0.3, 0.4) is 0 Å². The van der Waals surface area contributed by atoms with E-state index >= 15 is 0 Å². The topological polar surface area (TPSA) is 32.3 Å². The number of rotatable bonds is 2. The zero-order valence-corrected chi connectivity index (χ0v) is 14.7. The van der Waals surface area contributed by atoms with Crippen LogP contribution in [0.1, 0.15) is 16.9 Å². The quantitative estimate of drug-likeness (QED) is 0.703. The molecule has 0 spiro atoms. The number of hydrogen-bond acceptors (Lipinski definition) is 5. The number of nitrogens with zero attached hydrogens (tertiary/aromatic N) is 4. The molecule has 3 heterocycles. The van der Waals surface area contributed by atoms with Crippen LogP contribution in [0.2, 0.25) is 0 Å². The first-order chi connectivity index (χ1) is 12.3. The second-order valence-corrected chi connectivity index (χ2v) is 7.74. The van der Waals surface area contributed by atoms with Crippen LogP contribution in [-0.4, -0.2) is 36.1 Å². The Hall–Kier alpha value is -2.21. The van der Waals surface area contributed by atoms with Crippen molar-refractivity contribution >= 4 is 33.1 Å². The number of aromatic nitrogens is 2. The molecule has 0 amide bonds. The average Bonchev–Trinajstić information content (AvgIpc) is 3.23. The molecule has 3 aromatic rings. The SMILES string of the molecule is Fc1ccccc1N1CCN(c2ncnc3sc4c(c23)CCC4)CC1. The third kappa shape index (κ3) is 2.47. The van der Waals surface area contributed by atoms with E-state index in [0.717, 1.165) is 43.2 Å². The molecule has 0 bridgehead atoms.